The number of rotatable bonds is 7. The first-order chi connectivity index (χ1) is 13.9. The van der Waals surface area contributed by atoms with Gasteiger partial charge in [0.05, 0.1) is 18.4 Å². The van der Waals surface area contributed by atoms with Gasteiger partial charge in [0.1, 0.15) is 22.0 Å². The van der Waals surface area contributed by atoms with Crippen LogP contribution in [-0.2, 0) is 4.79 Å². The lowest BCUT2D eigenvalue weighted by Crippen LogP contribution is -2.28. The van der Waals surface area contributed by atoms with E-state index in [1.54, 1.807) is 7.11 Å². The molecule has 1 amide bonds. The van der Waals surface area contributed by atoms with E-state index in [0.717, 1.165) is 35.8 Å². The van der Waals surface area contributed by atoms with Crippen LogP contribution in [0, 0.1) is 25.2 Å². The lowest BCUT2D eigenvalue weighted by Gasteiger charge is -2.20. The van der Waals surface area contributed by atoms with Crippen LogP contribution in [-0.4, -0.2) is 45.6 Å². The average molecular weight is 431 g/mol. The Morgan fingerprint density at radius 3 is 2.41 bits per heavy atom. The van der Waals surface area contributed by atoms with E-state index in [2.05, 4.69) is 11.4 Å². The zero-order chi connectivity index (χ0) is 21.6. The topological polar surface area (TPSA) is 70.3 Å². The summed E-state index contributed by atoms with van der Waals surface area (Å²) in [7, 11) is 1.61. The normalized spacial score (nSPS) is 10.3. The Hall–Kier alpha value is -2.50. The van der Waals surface area contributed by atoms with Gasteiger partial charge in [-0.3, -0.25) is 9.36 Å². The minimum absolute atomic E-state index is 0.187. The van der Waals surface area contributed by atoms with Crippen molar-refractivity contribution in [2.75, 3.05) is 31.3 Å². The van der Waals surface area contributed by atoms with Gasteiger partial charge >= 0.3 is 0 Å². The van der Waals surface area contributed by atoms with E-state index < -0.39 is 0 Å². The van der Waals surface area contributed by atoms with Crippen molar-refractivity contribution in [1.29, 1.82) is 5.26 Å². The first kappa shape index (κ1) is 22.8. The number of carbonyl (C=O) groups excluding carboxylic acids is 1. The van der Waals surface area contributed by atoms with E-state index >= 15 is 0 Å². The third-order valence-corrected chi connectivity index (χ3v) is 6.29. The number of carbonyl (C=O) groups is 1. The number of nitrogens with zero attached hydrogens (tertiary/aromatic N) is 3. The first-order valence-corrected chi connectivity index (χ1v) is 10.7. The Bertz CT molecular complexity index is 926. The number of thioether (sulfide) groups is 1. The molecule has 0 saturated heterocycles. The molecule has 6 nitrogen and oxygen atoms in total. The number of hydrogen-bond donors (Lipinski definition) is 1. The van der Waals surface area contributed by atoms with E-state index in [9.17, 15) is 10.1 Å². The van der Waals surface area contributed by atoms with E-state index in [4.69, 9.17) is 17.0 Å². The predicted octanol–water partition coefficient (Wildman–Crippen LogP) is 4.27. The highest BCUT2D eigenvalue weighted by molar-refractivity contribution is 8.23. The molecule has 0 aliphatic heterocycles. The van der Waals surface area contributed by atoms with Crippen LogP contribution in [0.15, 0.2) is 24.3 Å². The third kappa shape index (κ3) is 5.11. The van der Waals surface area contributed by atoms with Crippen molar-refractivity contribution in [3.63, 3.8) is 0 Å². The molecular weight excluding hydrogens is 404 g/mol. The summed E-state index contributed by atoms with van der Waals surface area (Å²) in [4.78, 5) is 14.7. The molecule has 0 bridgehead atoms. The van der Waals surface area contributed by atoms with Crippen LogP contribution in [0.25, 0.3) is 5.69 Å². The molecule has 0 aliphatic carbocycles. The van der Waals surface area contributed by atoms with Gasteiger partial charge in [0.15, 0.2) is 0 Å². The lowest BCUT2D eigenvalue weighted by atomic mass is 10.2. The Balaban J connectivity index is 2.29. The summed E-state index contributed by atoms with van der Waals surface area (Å²) in [5.41, 5.74) is 3.04. The number of amides is 1. The first-order valence-electron chi connectivity index (χ1n) is 9.35. The van der Waals surface area contributed by atoms with Gasteiger partial charge in [-0.25, -0.2) is 0 Å². The molecular formula is C21H26N4O2S2. The second-order valence-corrected chi connectivity index (χ2v) is 7.96. The summed E-state index contributed by atoms with van der Waals surface area (Å²) >= 11 is 6.72. The van der Waals surface area contributed by atoms with Crippen molar-refractivity contribution in [2.45, 2.75) is 27.7 Å². The number of ether oxygens (including phenoxy) is 1. The number of anilines is 1. The molecule has 29 heavy (non-hydrogen) atoms. The molecule has 2 rings (SSSR count). The molecule has 0 saturated carbocycles. The number of thiocarbonyl (C=S) groups is 1. The smallest absolute Gasteiger partial charge is 0.235 e. The van der Waals surface area contributed by atoms with Gasteiger partial charge in [0, 0.05) is 24.5 Å². The summed E-state index contributed by atoms with van der Waals surface area (Å²) in [5.74, 6) is 1.20. The summed E-state index contributed by atoms with van der Waals surface area (Å²) in [6.45, 7) is 9.49. The number of aromatic nitrogens is 1. The largest absolute Gasteiger partial charge is 0.497 e. The maximum atomic E-state index is 12.6. The summed E-state index contributed by atoms with van der Waals surface area (Å²) in [5, 5.41) is 12.6. The lowest BCUT2D eigenvalue weighted by molar-refractivity contribution is -0.113. The maximum Gasteiger partial charge on any atom is 0.235 e. The van der Waals surface area contributed by atoms with Crippen LogP contribution in [0.2, 0.25) is 0 Å². The molecule has 1 heterocycles. The van der Waals surface area contributed by atoms with Crippen LogP contribution in [0.5, 0.6) is 5.75 Å². The van der Waals surface area contributed by atoms with Crippen molar-refractivity contribution in [3.8, 4) is 17.5 Å². The van der Waals surface area contributed by atoms with Crippen molar-refractivity contribution < 1.29 is 9.53 Å². The highest BCUT2D eigenvalue weighted by Gasteiger charge is 2.21. The van der Waals surface area contributed by atoms with Crippen LogP contribution < -0.4 is 10.1 Å². The fraction of sp³-hybridized carbons (Fsp3) is 0.381. The standard InChI is InChI=1S/C21H26N4O2S2/c1-6-24(7-2)21(28)29-13-19(26)23-20-18(12-22)14(3)15(4)25(20)16-8-10-17(27-5)11-9-16/h8-11H,6-7,13H2,1-5H3,(H,23,26). The van der Waals surface area contributed by atoms with Crippen LogP contribution in [0.3, 0.4) is 0 Å². The number of nitrogens with one attached hydrogen (secondary N) is 1. The Labute approximate surface area is 181 Å². The average Bonchev–Trinajstić information content (AvgIpc) is 2.96. The minimum Gasteiger partial charge on any atom is -0.497 e. The molecule has 0 fully saturated rings. The monoisotopic (exact) mass is 430 g/mol. The summed E-state index contributed by atoms with van der Waals surface area (Å²) in [6, 6.07) is 9.71. The van der Waals surface area contributed by atoms with Gasteiger partial charge in [-0.05, 0) is 57.5 Å². The molecule has 8 heteroatoms. The Kier molecular flexibility index (Phi) is 8.11. The molecule has 2 aromatic rings. The fourth-order valence-electron chi connectivity index (χ4n) is 2.98. The van der Waals surface area contributed by atoms with Crippen molar-refractivity contribution in [1.82, 2.24) is 9.47 Å². The highest BCUT2D eigenvalue weighted by atomic mass is 32.2. The van der Waals surface area contributed by atoms with Gasteiger partial charge in [0.2, 0.25) is 5.91 Å². The molecule has 0 unspecified atom stereocenters. The Morgan fingerprint density at radius 2 is 1.90 bits per heavy atom. The van der Waals surface area contributed by atoms with E-state index in [1.807, 2.05) is 61.4 Å². The zero-order valence-corrected chi connectivity index (χ0v) is 19.0. The minimum atomic E-state index is -0.201. The number of methoxy groups -OCH3 is 1. The van der Waals surface area contributed by atoms with E-state index in [-0.39, 0.29) is 11.7 Å². The molecule has 0 spiro atoms. The van der Waals surface area contributed by atoms with Crippen LogP contribution in [0.1, 0.15) is 30.7 Å². The molecule has 0 aliphatic rings. The van der Waals surface area contributed by atoms with Gasteiger partial charge in [-0.1, -0.05) is 24.0 Å². The number of benzene rings is 1. The second kappa shape index (κ2) is 10.3. The van der Waals surface area contributed by atoms with E-state index in [1.165, 1.54) is 11.8 Å². The summed E-state index contributed by atoms with van der Waals surface area (Å²) in [6.07, 6.45) is 0. The zero-order valence-electron chi connectivity index (χ0n) is 17.4. The van der Waals surface area contributed by atoms with Gasteiger partial charge < -0.3 is 15.0 Å². The van der Waals surface area contributed by atoms with Gasteiger partial charge in [-0.2, -0.15) is 5.26 Å². The van der Waals surface area contributed by atoms with Crippen LogP contribution >= 0.6 is 24.0 Å². The van der Waals surface area contributed by atoms with Crippen molar-refractivity contribution >= 4 is 40.0 Å². The predicted molar refractivity (Wildman–Crippen MR) is 123 cm³/mol. The quantitative estimate of drug-likeness (QED) is 0.662. The number of nitriles is 1. The third-order valence-electron chi connectivity index (χ3n) is 4.76. The van der Waals surface area contributed by atoms with Gasteiger partial charge in [-0.15, -0.1) is 0 Å². The van der Waals surface area contributed by atoms with Gasteiger partial charge in [0.25, 0.3) is 0 Å². The Morgan fingerprint density at radius 1 is 1.28 bits per heavy atom. The maximum absolute atomic E-state index is 12.6. The second-order valence-electron chi connectivity index (χ2n) is 6.35. The van der Waals surface area contributed by atoms with Crippen LogP contribution in [0.4, 0.5) is 5.82 Å². The molecule has 1 N–H and O–H groups in total. The fourth-order valence-corrected chi connectivity index (χ4v) is 4.19. The number of hydrogen-bond acceptors (Lipinski definition) is 5. The van der Waals surface area contributed by atoms with Crippen molar-refractivity contribution in [2.24, 2.45) is 0 Å². The SMILES string of the molecule is CCN(CC)C(=S)SCC(=O)Nc1c(C#N)c(C)c(C)n1-c1ccc(OC)cc1. The van der Waals surface area contributed by atoms with Crippen molar-refractivity contribution in [3.05, 3.63) is 41.1 Å². The highest BCUT2D eigenvalue weighted by Crippen LogP contribution is 2.30. The molecule has 0 atom stereocenters. The van der Waals surface area contributed by atoms with E-state index in [0.29, 0.717) is 15.7 Å². The summed E-state index contributed by atoms with van der Waals surface area (Å²) < 4.78 is 7.81. The molecule has 1 aromatic heterocycles. The molecule has 154 valence electrons. The molecule has 0 radical (unpaired) electrons. The molecule has 1 aromatic carbocycles.